The molecule has 1 saturated carbocycles. The first-order valence-corrected chi connectivity index (χ1v) is 14.9. The van der Waals surface area contributed by atoms with E-state index in [0.717, 1.165) is 66.7 Å². The van der Waals surface area contributed by atoms with Crippen LogP contribution in [0.25, 0.3) is 0 Å². The van der Waals surface area contributed by atoms with E-state index in [4.69, 9.17) is 14.0 Å². The molecule has 206 valence electrons. The predicted octanol–water partition coefficient (Wildman–Crippen LogP) is 8.07. The van der Waals surface area contributed by atoms with Crippen molar-refractivity contribution in [1.29, 1.82) is 0 Å². The third kappa shape index (κ3) is 7.42. The standard InChI is InChI=1S/C29H43NO5S2/c1-7-30-37-35-24-17-22(28(4,5)6)25(16-20(24)3)36-26-23(32)18-29(34-27(26)33,21-10-8-9-11-21)14-12-19(2)13-15-31/h13,15-17,19,21,30-32H,7-12,14,18H2,1-6H3/b15-13+. The molecule has 3 N–H and O–H groups in total. The van der Waals surface area contributed by atoms with Crippen LogP contribution in [0.1, 0.15) is 90.7 Å². The Labute approximate surface area is 231 Å². The van der Waals surface area contributed by atoms with Gasteiger partial charge in [0.25, 0.3) is 0 Å². The number of thioether (sulfide) groups is 1. The van der Waals surface area contributed by atoms with Gasteiger partial charge >= 0.3 is 5.97 Å². The molecule has 2 aliphatic rings. The van der Waals surface area contributed by atoms with Crippen molar-refractivity contribution >= 4 is 30.0 Å². The molecule has 1 aliphatic carbocycles. The SMILES string of the molecule is CCNSOc1cc(C(C)(C)C)c(SC2=C(O)CC(CCC(C)/C=C/O)(C3CCCC3)OC2=O)cc1C. The molecule has 3 rings (SSSR count). The summed E-state index contributed by atoms with van der Waals surface area (Å²) in [7, 11) is 0. The third-order valence-corrected chi connectivity index (χ3v) is 9.21. The first kappa shape index (κ1) is 29.8. The van der Waals surface area contributed by atoms with Crippen molar-refractivity contribution in [3.05, 3.63) is 46.3 Å². The van der Waals surface area contributed by atoms with E-state index in [0.29, 0.717) is 12.8 Å². The van der Waals surface area contributed by atoms with Crippen molar-refractivity contribution in [1.82, 2.24) is 4.72 Å². The van der Waals surface area contributed by atoms with E-state index in [-0.39, 0.29) is 27.9 Å². The molecule has 0 saturated heterocycles. The summed E-state index contributed by atoms with van der Waals surface area (Å²) in [5, 5.41) is 20.4. The Morgan fingerprint density at radius 3 is 2.59 bits per heavy atom. The molecule has 1 heterocycles. The Balaban J connectivity index is 1.91. The number of cyclic esters (lactones) is 1. The molecule has 2 unspecified atom stereocenters. The molecule has 1 fully saturated rings. The smallest absolute Gasteiger partial charge is 0.349 e. The number of nitrogens with one attached hydrogen (secondary N) is 1. The van der Waals surface area contributed by atoms with Gasteiger partial charge in [-0.25, -0.2) is 9.52 Å². The Hall–Kier alpha value is -1.77. The Morgan fingerprint density at radius 1 is 1.30 bits per heavy atom. The van der Waals surface area contributed by atoms with Gasteiger partial charge in [-0.05, 0) is 79.2 Å². The van der Waals surface area contributed by atoms with Crippen LogP contribution in [0.15, 0.2) is 40.0 Å². The van der Waals surface area contributed by atoms with Gasteiger partial charge in [0.05, 0.1) is 6.26 Å². The summed E-state index contributed by atoms with van der Waals surface area (Å²) < 4.78 is 15.3. The van der Waals surface area contributed by atoms with E-state index >= 15 is 0 Å². The number of hydrogen-bond donors (Lipinski definition) is 3. The highest BCUT2D eigenvalue weighted by Gasteiger charge is 2.48. The first-order chi connectivity index (χ1) is 17.5. The van der Waals surface area contributed by atoms with E-state index in [1.165, 1.54) is 24.0 Å². The number of carbonyl (C=O) groups excluding carboxylic acids is 1. The van der Waals surface area contributed by atoms with Crippen molar-refractivity contribution in [2.75, 3.05) is 6.54 Å². The number of carbonyl (C=O) groups is 1. The number of benzene rings is 1. The van der Waals surface area contributed by atoms with Crippen molar-refractivity contribution in [2.45, 2.75) is 102 Å². The second kappa shape index (κ2) is 12.9. The van der Waals surface area contributed by atoms with Crippen LogP contribution in [0, 0.1) is 18.8 Å². The van der Waals surface area contributed by atoms with Crippen LogP contribution < -0.4 is 8.91 Å². The fraction of sp³-hybridized carbons (Fsp3) is 0.621. The molecule has 0 radical (unpaired) electrons. The summed E-state index contributed by atoms with van der Waals surface area (Å²) in [6.45, 7) is 13.2. The molecule has 6 nitrogen and oxygen atoms in total. The van der Waals surface area contributed by atoms with Gasteiger partial charge in [-0.15, -0.1) is 0 Å². The van der Waals surface area contributed by atoms with E-state index in [1.54, 1.807) is 6.08 Å². The minimum Gasteiger partial charge on any atom is -0.516 e. The van der Waals surface area contributed by atoms with Crippen molar-refractivity contribution in [3.63, 3.8) is 0 Å². The largest absolute Gasteiger partial charge is 0.516 e. The number of rotatable bonds is 11. The Morgan fingerprint density at radius 2 is 2.00 bits per heavy atom. The van der Waals surface area contributed by atoms with Gasteiger partial charge in [0, 0.05) is 17.9 Å². The number of aliphatic hydroxyl groups is 2. The van der Waals surface area contributed by atoms with Gasteiger partial charge in [-0.3, -0.25) is 0 Å². The summed E-state index contributed by atoms with van der Waals surface area (Å²) in [5.74, 6) is 0.864. The summed E-state index contributed by atoms with van der Waals surface area (Å²) in [5.41, 5.74) is 1.11. The second-order valence-corrected chi connectivity index (χ2v) is 13.1. The number of aliphatic hydroxyl groups excluding tert-OH is 2. The molecule has 0 amide bonds. The maximum absolute atomic E-state index is 13.5. The number of aryl methyl sites for hydroxylation is 1. The fourth-order valence-electron chi connectivity index (χ4n) is 5.25. The summed E-state index contributed by atoms with van der Waals surface area (Å²) in [6, 6.07) is 4.06. The zero-order valence-electron chi connectivity index (χ0n) is 23.1. The van der Waals surface area contributed by atoms with Crippen molar-refractivity contribution < 1.29 is 23.9 Å². The molecule has 37 heavy (non-hydrogen) atoms. The van der Waals surface area contributed by atoms with Gasteiger partial charge in [-0.2, -0.15) is 0 Å². The van der Waals surface area contributed by atoms with Crippen LogP contribution in [0.2, 0.25) is 0 Å². The molecular formula is C29H43NO5S2. The van der Waals surface area contributed by atoms with E-state index < -0.39 is 11.6 Å². The summed E-state index contributed by atoms with van der Waals surface area (Å²) >= 11 is 2.50. The fourth-order valence-corrected chi connectivity index (χ4v) is 6.94. The molecule has 1 aromatic rings. The van der Waals surface area contributed by atoms with E-state index in [2.05, 4.69) is 25.5 Å². The lowest BCUT2D eigenvalue weighted by molar-refractivity contribution is -0.166. The normalized spacial score (nSPS) is 22.1. The quantitative estimate of drug-likeness (QED) is 0.0839. The molecule has 0 spiro atoms. The van der Waals surface area contributed by atoms with Crippen LogP contribution >= 0.6 is 24.0 Å². The summed E-state index contributed by atoms with van der Waals surface area (Å²) in [4.78, 5) is 14.7. The number of hydrogen-bond acceptors (Lipinski definition) is 8. The topological polar surface area (TPSA) is 88.0 Å². The van der Waals surface area contributed by atoms with Crippen LogP contribution in [-0.4, -0.2) is 28.3 Å². The average Bonchev–Trinajstić information content (AvgIpc) is 3.37. The molecular weight excluding hydrogens is 506 g/mol. The minimum absolute atomic E-state index is 0.124. The highest BCUT2D eigenvalue weighted by atomic mass is 32.2. The molecule has 0 bridgehead atoms. The molecule has 0 aromatic heterocycles. The lowest BCUT2D eigenvalue weighted by atomic mass is 9.76. The van der Waals surface area contributed by atoms with Gasteiger partial charge < -0.3 is 19.1 Å². The monoisotopic (exact) mass is 549 g/mol. The second-order valence-electron chi connectivity index (χ2n) is 11.4. The lowest BCUT2D eigenvalue weighted by Gasteiger charge is -2.42. The maximum Gasteiger partial charge on any atom is 0.349 e. The van der Waals surface area contributed by atoms with E-state index in [1.807, 2.05) is 32.9 Å². The zero-order chi connectivity index (χ0) is 27.2. The first-order valence-electron chi connectivity index (χ1n) is 13.4. The van der Waals surface area contributed by atoms with Crippen LogP contribution in [0.4, 0.5) is 0 Å². The van der Waals surface area contributed by atoms with Crippen LogP contribution in [0.3, 0.4) is 0 Å². The maximum atomic E-state index is 13.5. The van der Waals surface area contributed by atoms with Gasteiger partial charge in [-0.1, -0.05) is 59.2 Å². The van der Waals surface area contributed by atoms with Gasteiger partial charge in [0.1, 0.15) is 34.2 Å². The highest BCUT2D eigenvalue weighted by molar-refractivity contribution is 8.04. The van der Waals surface area contributed by atoms with Crippen LogP contribution in [-0.2, 0) is 14.9 Å². The third-order valence-electron chi connectivity index (χ3n) is 7.38. The Kier molecular flexibility index (Phi) is 10.3. The number of esters is 1. The minimum atomic E-state index is -0.691. The summed E-state index contributed by atoms with van der Waals surface area (Å²) in [6.07, 6.45) is 8.87. The number of ether oxygens (including phenoxy) is 1. The molecule has 1 aromatic carbocycles. The average molecular weight is 550 g/mol. The van der Waals surface area contributed by atoms with Gasteiger partial charge in [0.15, 0.2) is 0 Å². The Bertz CT molecular complexity index is 1010. The molecule has 2 atom stereocenters. The predicted molar refractivity (Wildman–Crippen MR) is 153 cm³/mol. The molecule has 1 aliphatic heterocycles. The van der Waals surface area contributed by atoms with Crippen LogP contribution in [0.5, 0.6) is 5.75 Å². The molecule has 8 heteroatoms. The zero-order valence-corrected chi connectivity index (χ0v) is 24.7. The lowest BCUT2D eigenvalue weighted by Crippen LogP contribution is -2.45. The van der Waals surface area contributed by atoms with Crippen molar-refractivity contribution in [2.24, 2.45) is 11.8 Å². The van der Waals surface area contributed by atoms with Crippen molar-refractivity contribution in [3.8, 4) is 5.75 Å². The highest BCUT2D eigenvalue weighted by Crippen LogP contribution is 2.49. The van der Waals surface area contributed by atoms with Gasteiger partial charge in [0.2, 0.25) is 0 Å². The number of allylic oxidation sites excluding steroid dienone is 1. The van der Waals surface area contributed by atoms with E-state index in [9.17, 15) is 9.90 Å².